The van der Waals surface area contributed by atoms with Crippen molar-refractivity contribution in [3.8, 4) is 0 Å². The first-order chi connectivity index (χ1) is 4.29. The molecule has 1 aromatic heterocycles. The van der Waals surface area contributed by atoms with Crippen LogP contribution < -0.4 is 5.56 Å². The Kier molecular flexibility index (Phi) is 3.27. The Morgan fingerprint density at radius 1 is 1.67 bits per heavy atom. The molecule has 0 aliphatic carbocycles. The third-order valence-corrected chi connectivity index (χ3v) is 0.592. The number of hydrogen-bond acceptors (Lipinski definition) is 2. The van der Waals surface area contributed by atoms with Gasteiger partial charge in [-0.1, -0.05) is 13.8 Å². The second kappa shape index (κ2) is 3.77. The van der Waals surface area contributed by atoms with E-state index < -0.39 is 0 Å². The monoisotopic (exact) mass is 130 g/mol. The van der Waals surface area contributed by atoms with E-state index in [-0.39, 0.29) is 5.56 Å². The fraction of sp³-hybridized carbons (Fsp3) is 0.400. The van der Waals surface area contributed by atoms with Gasteiger partial charge in [0.05, 0.1) is 6.20 Å². The SMILES string of the molecule is CC.O=c1ccn(O)[nH]1. The third kappa shape index (κ3) is 2.58. The van der Waals surface area contributed by atoms with Crippen LogP contribution in [0.15, 0.2) is 17.1 Å². The molecule has 0 bridgehead atoms. The molecule has 0 aliphatic heterocycles. The lowest BCUT2D eigenvalue weighted by molar-refractivity contribution is 0.147. The van der Waals surface area contributed by atoms with E-state index in [1.807, 2.05) is 13.8 Å². The zero-order valence-electron chi connectivity index (χ0n) is 5.46. The molecule has 0 saturated carbocycles. The molecule has 0 aromatic carbocycles. The molecule has 0 unspecified atom stereocenters. The van der Waals surface area contributed by atoms with Crippen LogP contribution in [0.3, 0.4) is 0 Å². The van der Waals surface area contributed by atoms with Crippen LogP contribution in [-0.4, -0.2) is 15.2 Å². The minimum absolute atomic E-state index is 0.303. The van der Waals surface area contributed by atoms with Crippen molar-refractivity contribution in [2.75, 3.05) is 0 Å². The van der Waals surface area contributed by atoms with E-state index >= 15 is 0 Å². The van der Waals surface area contributed by atoms with Gasteiger partial charge in [0, 0.05) is 6.07 Å². The molecule has 0 radical (unpaired) electrons. The van der Waals surface area contributed by atoms with Gasteiger partial charge in [0.1, 0.15) is 0 Å². The highest BCUT2D eigenvalue weighted by molar-refractivity contribution is 4.76. The molecule has 9 heavy (non-hydrogen) atoms. The van der Waals surface area contributed by atoms with Crippen molar-refractivity contribution in [3.05, 3.63) is 22.6 Å². The average Bonchev–Trinajstić information content (AvgIpc) is 2.20. The highest BCUT2D eigenvalue weighted by Gasteiger charge is 1.80. The largest absolute Gasteiger partial charge is 0.413 e. The smallest absolute Gasteiger partial charge is 0.266 e. The number of H-pyrrole nitrogens is 1. The van der Waals surface area contributed by atoms with Gasteiger partial charge in [0.15, 0.2) is 0 Å². The summed E-state index contributed by atoms with van der Waals surface area (Å²) in [6.45, 7) is 4.00. The van der Waals surface area contributed by atoms with Crippen molar-refractivity contribution < 1.29 is 5.21 Å². The number of nitrogens with zero attached hydrogens (tertiary/aromatic N) is 1. The van der Waals surface area contributed by atoms with Gasteiger partial charge in [0.25, 0.3) is 5.56 Å². The van der Waals surface area contributed by atoms with E-state index in [4.69, 9.17) is 5.21 Å². The van der Waals surface area contributed by atoms with E-state index in [0.29, 0.717) is 4.85 Å². The van der Waals surface area contributed by atoms with Crippen LogP contribution in [-0.2, 0) is 0 Å². The normalized spacial score (nSPS) is 7.78. The molecule has 2 N–H and O–H groups in total. The second-order valence-corrected chi connectivity index (χ2v) is 1.14. The van der Waals surface area contributed by atoms with Gasteiger partial charge in [0.2, 0.25) is 0 Å². The molecule has 0 spiro atoms. The summed E-state index contributed by atoms with van der Waals surface area (Å²) in [6, 6.07) is 1.22. The Bertz CT molecular complexity index is 201. The molecule has 0 aliphatic rings. The molecule has 1 rings (SSSR count). The van der Waals surface area contributed by atoms with Crippen LogP contribution in [0.4, 0.5) is 0 Å². The predicted molar refractivity (Wildman–Crippen MR) is 33.6 cm³/mol. The van der Waals surface area contributed by atoms with Crippen molar-refractivity contribution in [2.24, 2.45) is 0 Å². The van der Waals surface area contributed by atoms with E-state index in [9.17, 15) is 4.79 Å². The van der Waals surface area contributed by atoms with Crippen LogP contribution in [0.5, 0.6) is 0 Å². The van der Waals surface area contributed by atoms with Crippen LogP contribution in [0, 0.1) is 0 Å². The Hall–Kier alpha value is -1.19. The first-order valence-corrected chi connectivity index (χ1v) is 2.76. The van der Waals surface area contributed by atoms with Gasteiger partial charge >= 0.3 is 0 Å². The zero-order valence-corrected chi connectivity index (χ0v) is 5.46. The maximum atomic E-state index is 10.1. The van der Waals surface area contributed by atoms with Crippen LogP contribution in [0.2, 0.25) is 0 Å². The summed E-state index contributed by atoms with van der Waals surface area (Å²) >= 11 is 0. The summed E-state index contributed by atoms with van der Waals surface area (Å²) in [4.78, 5) is 10.7. The lowest BCUT2D eigenvalue weighted by Crippen LogP contribution is -2.00. The first kappa shape index (κ1) is 7.81. The number of nitrogens with one attached hydrogen (secondary N) is 1. The highest BCUT2D eigenvalue weighted by Crippen LogP contribution is 1.64. The maximum Gasteiger partial charge on any atom is 0.266 e. The topological polar surface area (TPSA) is 58.0 Å². The minimum Gasteiger partial charge on any atom is -0.413 e. The van der Waals surface area contributed by atoms with E-state index in [1.165, 1.54) is 12.3 Å². The van der Waals surface area contributed by atoms with Gasteiger partial charge in [-0.15, -0.1) is 4.85 Å². The summed E-state index contributed by atoms with van der Waals surface area (Å²) < 4.78 is 0. The quantitative estimate of drug-likeness (QED) is 0.500. The first-order valence-electron chi connectivity index (χ1n) is 2.76. The standard InChI is InChI=1S/C3H4N2O2.C2H6/c6-3-1-2-5(7)4-3;1-2/h1-2,7H,(H,4,6);1-2H3. The van der Waals surface area contributed by atoms with Crippen molar-refractivity contribution in [3.63, 3.8) is 0 Å². The van der Waals surface area contributed by atoms with E-state index in [2.05, 4.69) is 5.10 Å². The molecule has 1 heterocycles. The Balaban J connectivity index is 0.000000291. The zero-order chi connectivity index (χ0) is 7.28. The lowest BCUT2D eigenvalue weighted by atomic mass is 10.7. The number of aromatic amines is 1. The molecular weight excluding hydrogens is 120 g/mol. The van der Waals surface area contributed by atoms with Gasteiger partial charge in [-0.25, -0.2) is 5.10 Å². The molecule has 1 aromatic rings. The van der Waals surface area contributed by atoms with Gasteiger partial charge in [-0.05, 0) is 0 Å². The summed E-state index contributed by atoms with van der Waals surface area (Å²) in [5.74, 6) is 0. The van der Waals surface area contributed by atoms with E-state index in [0.717, 1.165) is 0 Å². The van der Waals surface area contributed by atoms with Crippen LogP contribution in [0.25, 0.3) is 0 Å². The fourth-order valence-electron chi connectivity index (χ4n) is 0.326. The number of aromatic nitrogens is 2. The molecule has 0 saturated heterocycles. The summed E-state index contributed by atoms with van der Waals surface area (Å²) in [5, 5.41) is 10.4. The van der Waals surface area contributed by atoms with Crippen LogP contribution >= 0.6 is 0 Å². The molecule has 0 atom stereocenters. The fourth-order valence-corrected chi connectivity index (χ4v) is 0.326. The number of rotatable bonds is 0. The Labute approximate surface area is 52.7 Å². The second-order valence-electron chi connectivity index (χ2n) is 1.14. The third-order valence-electron chi connectivity index (χ3n) is 0.592. The summed E-state index contributed by atoms with van der Waals surface area (Å²) in [5.41, 5.74) is -0.303. The average molecular weight is 130 g/mol. The molecule has 0 amide bonds. The Morgan fingerprint density at radius 2 is 2.22 bits per heavy atom. The van der Waals surface area contributed by atoms with Crippen molar-refractivity contribution in [1.29, 1.82) is 0 Å². The van der Waals surface area contributed by atoms with E-state index in [1.54, 1.807) is 0 Å². The molecular formula is C5H10N2O2. The molecule has 0 fully saturated rings. The Morgan fingerprint density at radius 3 is 2.33 bits per heavy atom. The summed E-state index contributed by atoms with van der Waals surface area (Å²) in [6.07, 6.45) is 1.22. The molecule has 52 valence electrons. The minimum atomic E-state index is -0.303. The number of hydrogen-bond donors (Lipinski definition) is 2. The lowest BCUT2D eigenvalue weighted by Gasteiger charge is -1.79. The van der Waals surface area contributed by atoms with Gasteiger partial charge < -0.3 is 5.21 Å². The van der Waals surface area contributed by atoms with Gasteiger partial charge in [-0.2, -0.15) is 0 Å². The molecule has 4 nitrogen and oxygen atoms in total. The van der Waals surface area contributed by atoms with Gasteiger partial charge in [-0.3, -0.25) is 4.79 Å². The summed E-state index contributed by atoms with van der Waals surface area (Å²) in [7, 11) is 0. The van der Waals surface area contributed by atoms with Crippen molar-refractivity contribution >= 4 is 0 Å². The van der Waals surface area contributed by atoms with Crippen molar-refractivity contribution in [2.45, 2.75) is 13.8 Å². The molecule has 4 heteroatoms. The van der Waals surface area contributed by atoms with Crippen LogP contribution in [0.1, 0.15) is 13.8 Å². The predicted octanol–water partition coefficient (Wildman–Crippen LogP) is 0.440. The highest BCUT2D eigenvalue weighted by atomic mass is 16.5. The maximum absolute atomic E-state index is 10.1. The van der Waals surface area contributed by atoms with Crippen molar-refractivity contribution in [1.82, 2.24) is 9.94 Å².